The average molecular weight is 352 g/mol. The van der Waals surface area contributed by atoms with Gasteiger partial charge >= 0.3 is 0 Å². The molecule has 1 aromatic carbocycles. The molecule has 0 bridgehead atoms. The van der Waals surface area contributed by atoms with Crippen LogP contribution in [0.4, 0.5) is 0 Å². The van der Waals surface area contributed by atoms with Crippen molar-refractivity contribution < 1.29 is 13.2 Å². The highest BCUT2D eigenvalue weighted by atomic mass is 32.2. The van der Waals surface area contributed by atoms with Gasteiger partial charge in [-0.25, -0.2) is 13.1 Å². The van der Waals surface area contributed by atoms with Crippen LogP contribution in [0.25, 0.3) is 0 Å². The van der Waals surface area contributed by atoms with Gasteiger partial charge in [-0.2, -0.15) is 8.75 Å². The van der Waals surface area contributed by atoms with E-state index in [2.05, 4.69) is 13.5 Å². The van der Waals surface area contributed by atoms with Gasteiger partial charge in [-0.05, 0) is 25.0 Å². The minimum Gasteiger partial charge on any atom is -0.337 e. The number of hydrogen-bond donors (Lipinski definition) is 1. The standard InChI is InChI=1S/C14H16N4O3S2/c19-14(13-10-15-22-16-13)18-8-6-11(7-9-18)17-23(20,21)12-4-2-1-3-5-12/h1-5,10-11,17H,6-9H2. The van der Waals surface area contributed by atoms with E-state index in [0.29, 0.717) is 31.6 Å². The molecule has 0 aliphatic carbocycles. The third-order valence-corrected chi connectivity index (χ3v) is 5.75. The minimum atomic E-state index is -3.51. The quantitative estimate of drug-likeness (QED) is 0.890. The molecule has 3 rings (SSSR count). The van der Waals surface area contributed by atoms with Crippen LogP contribution in [0.1, 0.15) is 23.3 Å². The second kappa shape index (κ2) is 6.73. The molecular weight excluding hydrogens is 336 g/mol. The maximum absolute atomic E-state index is 12.3. The van der Waals surface area contributed by atoms with Crippen molar-refractivity contribution in [2.24, 2.45) is 0 Å². The molecule has 7 nitrogen and oxygen atoms in total. The molecule has 23 heavy (non-hydrogen) atoms. The number of benzene rings is 1. The fraction of sp³-hybridized carbons (Fsp3) is 0.357. The molecule has 1 amide bonds. The number of likely N-dealkylation sites (tertiary alicyclic amines) is 1. The van der Waals surface area contributed by atoms with Gasteiger partial charge in [0.2, 0.25) is 10.0 Å². The molecule has 1 N–H and O–H groups in total. The van der Waals surface area contributed by atoms with Crippen molar-refractivity contribution in [3.63, 3.8) is 0 Å². The summed E-state index contributed by atoms with van der Waals surface area (Å²) in [5, 5.41) is 0. The van der Waals surface area contributed by atoms with Gasteiger partial charge in [0.05, 0.1) is 22.8 Å². The van der Waals surface area contributed by atoms with Gasteiger partial charge < -0.3 is 4.90 Å². The molecule has 0 unspecified atom stereocenters. The lowest BCUT2D eigenvalue weighted by atomic mass is 10.1. The Bertz CT molecular complexity index is 755. The maximum atomic E-state index is 12.3. The smallest absolute Gasteiger partial charge is 0.275 e. The maximum Gasteiger partial charge on any atom is 0.275 e. The van der Waals surface area contributed by atoms with Gasteiger partial charge in [0, 0.05) is 19.1 Å². The number of nitrogens with one attached hydrogen (secondary N) is 1. The first-order valence-corrected chi connectivity index (χ1v) is 9.42. The third kappa shape index (κ3) is 3.74. The van der Waals surface area contributed by atoms with E-state index in [4.69, 9.17) is 0 Å². The summed E-state index contributed by atoms with van der Waals surface area (Å²) in [7, 11) is -3.51. The largest absolute Gasteiger partial charge is 0.337 e. The van der Waals surface area contributed by atoms with Crippen LogP contribution in [-0.4, -0.2) is 47.1 Å². The lowest BCUT2D eigenvalue weighted by Gasteiger charge is -2.31. The highest BCUT2D eigenvalue weighted by molar-refractivity contribution is 7.89. The van der Waals surface area contributed by atoms with Crippen LogP contribution < -0.4 is 4.72 Å². The first-order valence-electron chi connectivity index (χ1n) is 7.20. The monoisotopic (exact) mass is 352 g/mol. The van der Waals surface area contributed by atoms with Crippen LogP contribution >= 0.6 is 11.7 Å². The normalized spacial score (nSPS) is 16.4. The topological polar surface area (TPSA) is 92.3 Å². The molecular formula is C14H16N4O3S2. The third-order valence-electron chi connectivity index (χ3n) is 3.74. The van der Waals surface area contributed by atoms with Crippen LogP contribution in [0.3, 0.4) is 0 Å². The van der Waals surface area contributed by atoms with Crippen molar-refractivity contribution in [3.8, 4) is 0 Å². The number of carbonyl (C=O) groups excluding carboxylic acids is 1. The molecule has 0 radical (unpaired) electrons. The number of hydrogen-bond acceptors (Lipinski definition) is 6. The molecule has 0 atom stereocenters. The van der Waals surface area contributed by atoms with Crippen molar-refractivity contribution in [1.82, 2.24) is 18.4 Å². The summed E-state index contributed by atoms with van der Waals surface area (Å²) in [6, 6.07) is 8.12. The van der Waals surface area contributed by atoms with E-state index in [1.807, 2.05) is 0 Å². The van der Waals surface area contributed by atoms with Crippen LogP contribution in [0.2, 0.25) is 0 Å². The molecule has 1 saturated heterocycles. The molecule has 0 saturated carbocycles. The van der Waals surface area contributed by atoms with Gasteiger partial charge in [-0.3, -0.25) is 4.79 Å². The van der Waals surface area contributed by atoms with Crippen LogP contribution in [-0.2, 0) is 10.0 Å². The number of piperidine rings is 1. The highest BCUT2D eigenvalue weighted by Gasteiger charge is 2.27. The van der Waals surface area contributed by atoms with Gasteiger partial charge in [-0.15, -0.1) is 0 Å². The van der Waals surface area contributed by atoms with Crippen molar-refractivity contribution in [2.75, 3.05) is 13.1 Å². The predicted octanol–water partition coefficient (Wildman–Crippen LogP) is 1.12. The van der Waals surface area contributed by atoms with E-state index in [-0.39, 0.29) is 16.8 Å². The number of nitrogens with zero attached hydrogens (tertiary/aromatic N) is 3. The predicted molar refractivity (Wildman–Crippen MR) is 85.6 cm³/mol. The molecule has 1 aliphatic rings. The van der Waals surface area contributed by atoms with E-state index in [9.17, 15) is 13.2 Å². The van der Waals surface area contributed by atoms with Crippen molar-refractivity contribution in [3.05, 3.63) is 42.2 Å². The Kier molecular flexibility index (Phi) is 4.69. The second-order valence-corrected chi connectivity index (χ2v) is 7.56. The van der Waals surface area contributed by atoms with E-state index >= 15 is 0 Å². The van der Waals surface area contributed by atoms with Gasteiger partial charge in [0.25, 0.3) is 5.91 Å². The summed E-state index contributed by atoms with van der Waals surface area (Å²) in [6.07, 6.45) is 2.61. The molecule has 2 heterocycles. The molecule has 1 aromatic heterocycles. The highest BCUT2D eigenvalue weighted by Crippen LogP contribution is 2.16. The minimum absolute atomic E-state index is 0.150. The number of carbonyl (C=O) groups is 1. The second-order valence-electron chi connectivity index (χ2n) is 5.29. The van der Waals surface area contributed by atoms with E-state index in [1.54, 1.807) is 35.2 Å². The zero-order chi connectivity index (χ0) is 16.3. The van der Waals surface area contributed by atoms with Crippen molar-refractivity contribution in [2.45, 2.75) is 23.8 Å². The SMILES string of the molecule is O=C(c1cnsn1)N1CCC(NS(=O)(=O)c2ccccc2)CC1. The summed E-state index contributed by atoms with van der Waals surface area (Å²) in [6.45, 7) is 0.997. The molecule has 1 fully saturated rings. The Morgan fingerprint density at radius 2 is 1.91 bits per heavy atom. The van der Waals surface area contributed by atoms with Gasteiger partial charge in [-0.1, -0.05) is 18.2 Å². The number of aromatic nitrogens is 2. The van der Waals surface area contributed by atoms with Crippen LogP contribution in [0.15, 0.2) is 41.4 Å². The Balaban J connectivity index is 1.58. The van der Waals surface area contributed by atoms with E-state index < -0.39 is 10.0 Å². The fourth-order valence-electron chi connectivity index (χ4n) is 2.51. The number of sulfonamides is 1. The zero-order valence-electron chi connectivity index (χ0n) is 12.3. The summed E-state index contributed by atoms with van der Waals surface area (Å²) in [5.74, 6) is -0.150. The lowest BCUT2D eigenvalue weighted by molar-refractivity contribution is 0.0706. The Hall–Kier alpha value is -1.84. The molecule has 9 heteroatoms. The van der Waals surface area contributed by atoms with Gasteiger partial charge in [0.15, 0.2) is 5.69 Å². The van der Waals surface area contributed by atoms with Crippen LogP contribution in [0, 0.1) is 0 Å². The Labute approximate surface area is 138 Å². The molecule has 2 aromatic rings. The number of amides is 1. The first-order chi connectivity index (χ1) is 11.1. The van der Waals surface area contributed by atoms with E-state index in [0.717, 1.165) is 11.7 Å². The Morgan fingerprint density at radius 3 is 2.52 bits per heavy atom. The molecule has 0 spiro atoms. The number of rotatable bonds is 4. The zero-order valence-corrected chi connectivity index (χ0v) is 13.9. The average Bonchev–Trinajstić information content (AvgIpc) is 3.10. The van der Waals surface area contributed by atoms with E-state index in [1.165, 1.54) is 6.20 Å². The summed E-state index contributed by atoms with van der Waals surface area (Å²) >= 11 is 0.999. The Morgan fingerprint density at radius 1 is 1.22 bits per heavy atom. The summed E-state index contributed by atoms with van der Waals surface area (Å²) in [5.41, 5.74) is 0.346. The summed E-state index contributed by atoms with van der Waals surface area (Å²) < 4.78 is 35.1. The lowest BCUT2D eigenvalue weighted by Crippen LogP contribution is -2.46. The van der Waals surface area contributed by atoms with Gasteiger partial charge in [0.1, 0.15) is 0 Å². The van der Waals surface area contributed by atoms with Crippen molar-refractivity contribution in [1.29, 1.82) is 0 Å². The summed E-state index contributed by atoms with van der Waals surface area (Å²) in [4.78, 5) is 14.1. The first kappa shape index (κ1) is 16.0. The van der Waals surface area contributed by atoms with Crippen LogP contribution in [0.5, 0.6) is 0 Å². The molecule has 122 valence electrons. The molecule has 1 aliphatic heterocycles. The van der Waals surface area contributed by atoms with Crippen molar-refractivity contribution >= 4 is 27.7 Å². The fourth-order valence-corrected chi connectivity index (χ4v) is 4.24.